The standard InChI is InChI=1S/C15H22N4O/c1-4-19-11-14(10-18-19)20-15-7-13(5-6-17-15)9-16-8-12(2)3/h5-7,10-12,16H,4,8-9H2,1-3H3. The van der Waals surface area contributed by atoms with Crippen LogP contribution in [0, 0.1) is 5.92 Å². The average Bonchev–Trinajstić information content (AvgIpc) is 2.86. The number of hydrogen-bond donors (Lipinski definition) is 1. The highest BCUT2D eigenvalue weighted by Crippen LogP contribution is 2.19. The third-order valence-electron chi connectivity index (χ3n) is 2.84. The topological polar surface area (TPSA) is 52.0 Å². The van der Waals surface area contributed by atoms with Crippen molar-refractivity contribution in [1.82, 2.24) is 20.1 Å². The molecule has 5 nitrogen and oxygen atoms in total. The molecule has 0 aliphatic heterocycles. The molecule has 1 N–H and O–H groups in total. The molecule has 2 aromatic rings. The summed E-state index contributed by atoms with van der Waals surface area (Å²) in [5.41, 5.74) is 1.17. The molecule has 0 atom stereocenters. The molecular formula is C15H22N4O. The predicted octanol–water partition coefficient (Wildman–Crippen LogP) is 2.84. The fraction of sp³-hybridized carbons (Fsp3) is 0.467. The second-order valence-corrected chi connectivity index (χ2v) is 5.16. The van der Waals surface area contributed by atoms with E-state index in [1.54, 1.807) is 12.4 Å². The second kappa shape index (κ2) is 7.05. The summed E-state index contributed by atoms with van der Waals surface area (Å²) in [6, 6.07) is 3.95. The van der Waals surface area contributed by atoms with Crippen LogP contribution in [-0.2, 0) is 13.1 Å². The van der Waals surface area contributed by atoms with Crippen molar-refractivity contribution in [2.24, 2.45) is 5.92 Å². The highest BCUT2D eigenvalue weighted by atomic mass is 16.5. The lowest BCUT2D eigenvalue weighted by atomic mass is 10.2. The smallest absolute Gasteiger partial charge is 0.219 e. The van der Waals surface area contributed by atoms with Crippen LogP contribution in [0.25, 0.3) is 0 Å². The minimum absolute atomic E-state index is 0.601. The molecule has 0 fully saturated rings. The molecule has 5 heteroatoms. The van der Waals surface area contributed by atoms with Crippen molar-refractivity contribution in [3.63, 3.8) is 0 Å². The third-order valence-corrected chi connectivity index (χ3v) is 2.84. The Kier molecular flexibility index (Phi) is 5.12. The lowest BCUT2D eigenvalue weighted by Gasteiger charge is -2.08. The lowest BCUT2D eigenvalue weighted by molar-refractivity contribution is 0.460. The van der Waals surface area contributed by atoms with Crippen LogP contribution in [0.15, 0.2) is 30.7 Å². The molecule has 0 aromatic carbocycles. The van der Waals surface area contributed by atoms with Gasteiger partial charge in [0, 0.05) is 25.4 Å². The Morgan fingerprint density at radius 2 is 2.25 bits per heavy atom. The summed E-state index contributed by atoms with van der Waals surface area (Å²) in [6.45, 7) is 9.08. The SMILES string of the molecule is CCn1cc(Oc2cc(CNCC(C)C)ccn2)cn1. The quantitative estimate of drug-likeness (QED) is 0.843. The van der Waals surface area contributed by atoms with Crippen molar-refractivity contribution in [2.75, 3.05) is 6.54 Å². The van der Waals surface area contributed by atoms with E-state index in [0.717, 1.165) is 19.6 Å². The highest BCUT2D eigenvalue weighted by Gasteiger charge is 2.03. The van der Waals surface area contributed by atoms with Gasteiger partial charge in [0.25, 0.3) is 0 Å². The zero-order chi connectivity index (χ0) is 14.4. The number of ether oxygens (including phenoxy) is 1. The number of aryl methyl sites for hydroxylation is 1. The van der Waals surface area contributed by atoms with Crippen LogP contribution in [0.2, 0.25) is 0 Å². The van der Waals surface area contributed by atoms with Gasteiger partial charge in [-0.05, 0) is 31.0 Å². The Morgan fingerprint density at radius 1 is 1.40 bits per heavy atom. The Balaban J connectivity index is 1.95. The highest BCUT2D eigenvalue weighted by molar-refractivity contribution is 5.25. The lowest BCUT2D eigenvalue weighted by Crippen LogP contribution is -2.18. The van der Waals surface area contributed by atoms with Gasteiger partial charge in [0.05, 0.1) is 12.4 Å². The van der Waals surface area contributed by atoms with Gasteiger partial charge >= 0.3 is 0 Å². The van der Waals surface area contributed by atoms with Crippen molar-refractivity contribution < 1.29 is 4.74 Å². The van der Waals surface area contributed by atoms with Gasteiger partial charge in [-0.3, -0.25) is 4.68 Å². The van der Waals surface area contributed by atoms with Crippen molar-refractivity contribution >= 4 is 0 Å². The van der Waals surface area contributed by atoms with Gasteiger partial charge in [-0.15, -0.1) is 0 Å². The maximum absolute atomic E-state index is 5.71. The molecule has 0 saturated heterocycles. The maximum atomic E-state index is 5.71. The first-order chi connectivity index (χ1) is 9.67. The van der Waals surface area contributed by atoms with Crippen LogP contribution in [0.3, 0.4) is 0 Å². The first-order valence-corrected chi connectivity index (χ1v) is 7.03. The van der Waals surface area contributed by atoms with E-state index in [1.807, 2.05) is 29.9 Å². The fourth-order valence-electron chi connectivity index (χ4n) is 1.81. The zero-order valence-electron chi connectivity index (χ0n) is 12.3. The Labute approximate surface area is 120 Å². The molecule has 0 bridgehead atoms. The van der Waals surface area contributed by atoms with E-state index < -0.39 is 0 Å². The van der Waals surface area contributed by atoms with E-state index in [4.69, 9.17) is 4.74 Å². The Morgan fingerprint density at radius 3 is 2.95 bits per heavy atom. The molecule has 108 valence electrons. The van der Waals surface area contributed by atoms with Crippen LogP contribution < -0.4 is 10.1 Å². The Hall–Kier alpha value is -1.88. The van der Waals surface area contributed by atoms with Gasteiger partial charge in [0.2, 0.25) is 5.88 Å². The minimum atomic E-state index is 0.601. The zero-order valence-corrected chi connectivity index (χ0v) is 12.3. The van der Waals surface area contributed by atoms with E-state index in [-0.39, 0.29) is 0 Å². The Bertz CT molecular complexity index is 536. The largest absolute Gasteiger partial charge is 0.436 e. The summed E-state index contributed by atoms with van der Waals surface area (Å²) in [4.78, 5) is 4.23. The van der Waals surface area contributed by atoms with Crippen molar-refractivity contribution in [1.29, 1.82) is 0 Å². The van der Waals surface area contributed by atoms with Crippen molar-refractivity contribution in [2.45, 2.75) is 33.9 Å². The van der Waals surface area contributed by atoms with E-state index >= 15 is 0 Å². The van der Waals surface area contributed by atoms with Gasteiger partial charge in [-0.1, -0.05) is 13.8 Å². The number of nitrogens with zero attached hydrogens (tertiary/aromatic N) is 3. The molecule has 0 saturated carbocycles. The number of aromatic nitrogens is 3. The molecule has 0 aliphatic carbocycles. The molecule has 0 radical (unpaired) electrons. The second-order valence-electron chi connectivity index (χ2n) is 5.16. The third kappa shape index (κ3) is 4.35. The van der Waals surface area contributed by atoms with Crippen molar-refractivity contribution in [3.8, 4) is 11.6 Å². The van der Waals surface area contributed by atoms with Crippen molar-refractivity contribution in [3.05, 3.63) is 36.3 Å². The van der Waals surface area contributed by atoms with Crippen LogP contribution >= 0.6 is 0 Å². The maximum Gasteiger partial charge on any atom is 0.219 e. The van der Waals surface area contributed by atoms with Gasteiger partial charge in [-0.2, -0.15) is 5.10 Å². The number of nitrogens with one attached hydrogen (secondary N) is 1. The van der Waals surface area contributed by atoms with Crippen LogP contribution in [0.1, 0.15) is 26.3 Å². The average molecular weight is 274 g/mol. The first kappa shape index (κ1) is 14.5. The fourth-order valence-corrected chi connectivity index (χ4v) is 1.81. The molecule has 2 aromatic heterocycles. The molecule has 0 spiro atoms. The molecule has 2 heterocycles. The summed E-state index contributed by atoms with van der Waals surface area (Å²) in [7, 11) is 0. The number of rotatable bonds is 7. The van der Waals surface area contributed by atoms with E-state index in [9.17, 15) is 0 Å². The molecule has 0 aliphatic rings. The summed E-state index contributed by atoms with van der Waals surface area (Å²) >= 11 is 0. The van der Waals surface area contributed by atoms with Crippen LogP contribution in [0.4, 0.5) is 0 Å². The van der Waals surface area contributed by atoms with Gasteiger partial charge < -0.3 is 10.1 Å². The predicted molar refractivity (Wildman–Crippen MR) is 78.8 cm³/mol. The number of pyridine rings is 1. The monoisotopic (exact) mass is 274 g/mol. The summed E-state index contributed by atoms with van der Waals surface area (Å²) in [5.74, 6) is 1.96. The number of hydrogen-bond acceptors (Lipinski definition) is 4. The molecule has 0 unspecified atom stereocenters. The van der Waals surface area contributed by atoms with E-state index in [2.05, 4.69) is 29.2 Å². The van der Waals surface area contributed by atoms with Crippen LogP contribution in [-0.4, -0.2) is 21.3 Å². The first-order valence-electron chi connectivity index (χ1n) is 7.03. The van der Waals surface area contributed by atoms with E-state index in [1.165, 1.54) is 5.56 Å². The summed E-state index contributed by atoms with van der Waals surface area (Å²) in [5, 5.41) is 7.58. The summed E-state index contributed by atoms with van der Waals surface area (Å²) < 4.78 is 7.53. The normalized spacial score (nSPS) is 11.0. The van der Waals surface area contributed by atoms with Gasteiger partial charge in [0.15, 0.2) is 5.75 Å². The van der Waals surface area contributed by atoms with Gasteiger partial charge in [-0.25, -0.2) is 4.98 Å². The van der Waals surface area contributed by atoms with Crippen LogP contribution in [0.5, 0.6) is 11.6 Å². The molecular weight excluding hydrogens is 252 g/mol. The van der Waals surface area contributed by atoms with E-state index in [0.29, 0.717) is 17.5 Å². The molecule has 0 amide bonds. The molecule has 20 heavy (non-hydrogen) atoms. The minimum Gasteiger partial charge on any atom is -0.436 e. The van der Waals surface area contributed by atoms with Gasteiger partial charge in [0.1, 0.15) is 0 Å². The summed E-state index contributed by atoms with van der Waals surface area (Å²) in [6.07, 6.45) is 5.34. The molecule has 2 rings (SSSR count).